The number of piperidine rings is 1. The monoisotopic (exact) mass is 280 g/mol. The SMILES string of the molecule is CNC1(C)CCN(c2nc3ccccc3cc2C#N)CC1. The lowest BCUT2D eigenvalue weighted by Gasteiger charge is -2.40. The molecule has 4 heteroatoms. The highest BCUT2D eigenvalue weighted by atomic mass is 15.2. The van der Waals surface area contributed by atoms with Gasteiger partial charge in [-0.3, -0.25) is 0 Å². The number of fused-ring (bicyclic) bond motifs is 1. The number of nitrogens with one attached hydrogen (secondary N) is 1. The third kappa shape index (κ3) is 2.57. The Morgan fingerprint density at radius 1 is 1.29 bits per heavy atom. The van der Waals surface area contributed by atoms with Crippen molar-refractivity contribution in [3.8, 4) is 6.07 Å². The molecule has 0 aliphatic carbocycles. The molecule has 0 saturated carbocycles. The smallest absolute Gasteiger partial charge is 0.147 e. The molecule has 1 N–H and O–H groups in total. The topological polar surface area (TPSA) is 52.0 Å². The first-order chi connectivity index (χ1) is 10.1. The van der Waals surface area contributed by atoms with Crippen molar-refractivity contribution in [1.29, 1.82) is 5.26 Å². The van der Waals surface area contributed by atoms with Crippen LogP contribution in [0.5, 0.6) is 0 Å². The van der Waals surface area contributed by atoms with Gasteiger partial charge in [0.15, 0.2) is 0 Å². The lowest BCUT2D eigenvalue weighted by atomic mass is 9.90. The van der Waals surface area contributed by atoms with Gasteiger partial charge in [-0.05, 0) is 38.9 Å². The van der Waals surface area contributed by atoms with Gasteiger partial charge in [-0.25, -0.2) is 4.98 Å². The van der Waals surface area contributed by atoms with Crippen LogP contribution < -0.4 is 10.2 Å². The zero-order chi connectivity index (χ0) is 14.9. The molecule has 2 heterocycles. The van der Waals surface area contributed by atoms with Crippen molar-refractivity contribution in [2.75, 3.05) is 25.0 Å². The predicted octanol–water partition coefficient (Wildman–Crippen LogP) is 2.68. The van der Waals surface area contributed by atoms with E-state index in [1.807, 2.05) is 37.4 Å². The number of anilines is 1. The second kappa shape index (κ2) is 5.34. The number of rotatable bonds is 2. The molecule has 1 aromatic carbocycles. The molecule has 0 radical (unpaired) electrons. The number of pyridine rings is 1. The number of nitrogens with zero attached hydrogens (tertiary/aromatic N) is 3. The summed E-state index contributed by atoms with van der Waals surface area (Å²) in [6, 6.07) is 12.2. The number of hydrogen-bond acceptors (Lipinski definition) is 4. The van der Waals surface area contributed by atoms with E-state index >= 15 is 0 Å². The van der Waals surface area contributed by atoms with E-state index in [-0.39, 0.29) is 5.54 Å². The summed E-state index contributed by atoms with van der Waals surface area (Å²) in [6.45, 7) is 4.11. The van der Waals surface area contributed by atoms with Crippen LogP contribution in [0, 0.1) is 11.3 Å². The highest BCUT2D eigenvalue weighted by Gasteiger charge is 2.29. The number of aromatic nitrogens is 1. The van der Waals surface area contributed by atoms with Crippen molar-refractivity contribution in [3.63, 3.8) is 0 Å². The first-order valence-corrected chi connectivity index (χ1v) is 7.39. The molecular formula is C17H20N4. The van der Waals surface area contributed by atoms with Crippen LogP contribution in [0.2, 0.25) is 0 Å². The van der Waals surface area contributed by atoms with Gasteiger partial charge in [0.1, 0.15) is 11.9 Å². The van der Waals surface area contributed by atoms with Crippen molar-refractivity contribution in [2.45, 2.75) is 25.3 Å². The summed E-state index contributed by atoms with van der Waals surface area (Å²) in [7, 11) is 2.02. The maximum atomic E-state index is 9.43. The van der Waals surface area contributed by atoms with Crippen LogP contribution in [0.1, 0.15) is 25.3 Å². The third-order valence-electron chi connectivity index (χ3n) is 4.59. The van der Waals surface area contributed by atoms with Gasteiger partial charge in [0.2, 0.25) is 0 Å². The second-order valence-electron chi connectivity index (χ2n) is 5.96. The van der Waals surface area contributed by atoms with Crippen LogP contribution in [0.3, 0.4) is 0 Å². The Bertz CT molecular complexity index is 693. The van der Waals surface area contributed by atoms with Crippen molar-refractivity contribution in [3.05, 3.63) is 35.9 Å². The van der Waals surface area contributed by atoms with E-state index in [0.717, 1.165) is 42.7 Å². The van der Waals surface area contributed by atoms with E-state index in [1.165, 1.54) is 0 Å². The van der Waals surface area contributed by atoms with E-state index in [4.69, 9.17) is 4.98 Å². The predicted molar refractivity (Wildman–Crippen MR) is 85.4 cm³/mol. The fourth-order valence-electron chi connectivity index (χ4n) is 2.89. The molecule has 0 bridgehead atoms. The van der Waals surface area contributed by atoms with Crippen molar-refractivity contribution < 1.29 is 0 Å². The van der Waals surface area contributed by atoms with E-state index in [1.54, 1.807) is 0 Å². The molecular weight excluding hydrogens is 260 g/mol. The number of nitriles is 1. The van der Waals surface area contributed by atoms with Gasteiger partial charge in [0, 0.05) is 24.0 Å². The largest absolute Gasteiger partial charge is 0.355 e. The van der Waals surface area contributed by atoms with Gasteiger partial charge in [0.05, 0.1) is 11.1 Å². The molecule has 1 aliphatic heterocycles. The van der Waals surface area contributed by atoms with Gasteiger partial charge in [-0.2, -0.15) is 5.26 Å². The van der Waals surface area contributed by atoms with Crippen LogP contribution in [0.4, 0.5) is 5.82 Å². The minimum Gasteiger partial charge on any atom is -0.355 e. The normalized spacial score (nSPS) is 17.7. The summed E-state index contributed by atoms with van der Waals surface area (Å²) < 4.78 is 0. The minimum atomic E-state index is 0.195. The summed E-state index contributed by atoms with van der Waals surface area (Å²) in [6.07, 6.45) is 2.12. The molecule has 0 amide bonds. The Labute approximate surface area is 125 Å². The fraction of sp³-hybridized carbons (Fsp3) is 0.412. The van der Waals surface area contributed by atoms with E-state index in [9.17, 15) is 5.26 Å². The Morgan fingerprint density at radius 3 is 2.67 bits per heavy atom. The molecule has 1 saturated heterocycles. The number of para-hydroxylation sites is 1. The third-order valence-corrected chi connectivity index (χ3v) is 4.59. The Hall–Kier alpha value is -2.12. The van der Waals surface area contributed by atoms with Crippen LogP contribution in [-0.4, -0.2) is 30.7 Å². The maximum absolute atomic E-state index is 9.43. The molecule has 108 valence electrons. The van der Waals surface area contributed by atoms with Crippen LogP contribution in [0.25, 0.3) is 10.9 Å². The summed E-state index contributed by atoms with van der Waals surface area (Å²) in [4.78, 5) is 6.97. The van der Waals surface area contributed by atoms with E-state index in [0.29, 0.717) is 5.56 Å². The lowest BCUT2D eigenvalue weighted by molar-refractivity contribution is 0.304. The molecule has 1 aromatic heterocycles. The quantitative estimate of drug-likeness (QED) is 0.919. The lowest BCUT2D eigenvalue weighted by Crippen LogP contribution is -2.50. The first kappa shape index (κ1) is 13.8. The van der Waals surface area contributed by atoms with Gasteiger partial charge < -0.3 is 10.2 Å². The Morgan fingerprint density at radius 2 is 2.00 bits per heavy atom. The second-order valence-corrected chi connectivity index (χ2v) is 5.96. The Kier molecular flexibility index (Phi) is 3.52. The molecule has 4 nitrogen and oxygen atoms in total. The van der Waals surface area contributed by atoms with Crippen LogP contribution in [0.15, 0.2) is 30.3 Å². The van der Waals surface area contributed by atoms with Crippen LogP contribution in [-0.2, 0) is 0 Å². The van der Waals surface area contributed by atoms with Gasteiger partial charge in [-0.15, -0.1) is 0 Å². The fourth-order valence-corrected chi connectivity index (χ4v) is 2.89. The molecule has 21 heavy (non-hydrogen) atoms. The average molecular weight is 280 g/mol. The van der Waals surface area contributed by atoms with Crippen molar-refractivity contribution >= 4 is 16.7 Å². The minimum absolute atomic E-state index is 0.195. The van der Waals surface area contributed by atoms with E-state index in [2.05, 4.69) is 23.2 Å². The number of benzene rings is 1. The zero-order valence-corrected chi connectivity index (χ0v) is 12.6. The molecule has 3 rings (SSSR count). The Balaban J connectivity index is 1.95. The van der Waals surface area contributed by atoms with Crippen molar-refractivity contribution in [2.24, 2.45) is 0 Å². The maximum Gasteiger partial charge on any atom is 0.147 e. The highest BCUT2D eigenvalue weighted by molar-refractivity contribution is 5.83. The zero-order valence-electron chi connectivity index (χ0n) is 12.6. The summed E-state index contributed by atoms with van der Waals surface area (Å²) >= 11 is 0. The summed E-state index contributed by atoms with van der Waals surface area (Å²) in [5.74, 6) is 0.828. The van der Waals surface area contributed by atoms with Gasteiger partial charge in [0.25, 0.3) is 0 Å². The molecule has 1 aliphatic rings. The molecule has 0 atom stereocenters. The summed E-state index contributed by atoms with van der Waals surface area (Å²) in [5, 5.41) is 13.8. The molecule has 2 aromatic rings. The van der Waals surface area contributed by atoms with E-state index < -0.39 is 0 Å². The molecule has 1 fully saturated rings. The molecule has 0 unspecified atom stereocenters. The number of hydrogen-bond donors (Lipinski definition) is 1. The molecule has 0 spiro atoms. The van der Waals surface area contributed by atoms with Gasteiger partial charge >= 0.3 is 0 Å². The highest BCUT2D eigenvalue weighted by Crippen LogP contribution is 2.28. The standard InChI is InChI=1S/C17H20N4/c1-17(19-2)7-9-21(10-8-17)16-14(12-18)11-13-5-3-4-6-15(13)20-16/h3-6,11,19H,7-10H2,1-2H3. The van der Waals surface area contributed by atoms with Crippen molar-refractivity contribution in [1.82, 2.24) is 10.3 Å². The van der Waals surface area contributed by atoms with Crippen LogP contribution >= 0.6 is 0 Å². The summed E-state index contributed by atoms with van der Waals surface area (Å²) in [5.41, 5.74) is 1.82. The van der Waals surface area contributed by atoms with Gasteiger partial charge in [-0.1, -0.05) is 18.2 Å². The first-order valence-electron chi connectivity index (χ1n) is 7.39. The average Bonchev–Trinajstić information content (AvgIpc) is 2.54.